The zero-order chi connectivity index (χ0) is 23.5. The van der Waals surface area contributed by atoms with Crippen LogP contribution in [-0.4, -0.2) is 35.7 Å². The Labute approximate surface area is 195 Å². The van der Waals surface area contributed by atoms with Crippen LogP contribution in [0.3, 0.4) is 0 Å². The van der Waals surface area contributed by atoms with Gasteiger partial charge in [-0.3, -0.25) is 9.78 Å². The number of fused-ring (bicyclic) bond motifs is 1. The molecule has 4 aromatic rings. The lowest BCUT2D eigenvalue weighted by Gasteiger charge is -2.12. The molecule has 0 aliphatic carbocycles. The van der Waals surface area contributed by atoms with E-state index >= 15 is 0 Å². The van der Waals surface area contributed by atoms with E-state index in [0.29, 0.717) is 47.3 Å². The topological polar surface area (TPSA) is 91.4 Å². The van der Waals surface area contributed by atoms with Gasteiger partial charge in [0.2, 0.25) is 0 Å². The lowest BCUT2D eigenvalue weighted by atomic mass is 10.2. The first-order valence-electron chi connectivity index (χ1n) is 10.5. The van der Waals surface area contributed by atoms with Crippen molar-refractivity contribution in [3.8, 4) is 22.1 Å². The molecule has 0 atom stereocenters. The fraction of sp³-hybridized carbons (Fsp3) is 0.250. The smallest absolute Gasteiger partial charge is 0.262 e. The Hall–Kier alpha value is -3.59. The van der Waals surface area contributed by atoms with Gasteiger partial charge in [0.1, 0.15) is 22.2 Å². The lowest BCUT2D eigenvalue weighted by Crippen LogP contribution is -2.12. The van der Waals surface area contributed by atoms with Crippen LogP contribution in [0.2, 0.25) is 0 Å². The van der Waals surface area contributed by atoms with Gasteiger partial charge in [0.15, 0.2) is 0 Å². The molecular weight excluding hydrogens is 443 g/mol. The number of thiophene rings is 1. The first-order chi connectivity index (χ1) is 15.9. The Bertz CT molecular complexity index is 1310. The first-order valence-corrected chi connectivity index (χ1v) is 11.3. The number of ether oxygens (including phenoxy) is 2. The number of aromatic nitrogens is 2. The molecule has 33 heavy (non-hydrogen) atoms. The van der Waals surface area contributed by atoms with Crippen molar-refractivity contribution in [2.75, 3.05) is 25.6 Å². The van der Waals surface area contributed by atoms with Crippen molar-refractivity contribution in [3.05, 3.63) is 59.0 Å². The predicted molar refractivity (Wildman–Crippen MR) is 129 cm³/mol. The molecule has 1 aromatic carbocycles. The van der Waals surface area contributed by atoms with Crippen molar-refractivity contribution < 1.29 is 18.7 Å². The highest BCUT2D eigenvalue weighted by atomic mass is 32.1. The van der Waals surface area contributed by atoms with Crippen LogP contribution in [0.5, 0.6) is 11.5 Å². The number of pyridine rings is 1. The minimum absolute atomic E-state index is 0.279. The zero-order valence-corrected chi connectivity index (χ0v) is 19.5. The molecule has 0 saturated heterocycles. The molecule has 0 radical (unpaired) electrons. The summed E-state index contributed by atoms with van der Waals surface area (Å²) in [6.45, 7) is 5.38. The molecule has 0 fully saturated rings. The number of nitrogens with one attached hydrogen (secondary N) is 1. The number of halogens is 1. The molecule has 0 aliphatic rings. The summed E-state index contributed by atoms with van der Waals surface area (Å²) < 4.78 is 27.4. The summed E-state index contributed by atoms with van der Waals surface area (Å²) in [6.07, 6.45) is 1.70. The largest absolute Gasteiger partial charge is 0.496 e. The molecular formula is C24H25FN4O3S. The highest BCUT2D eigenvalue weighted by Crippen LogP contribution is 2.36. The molecule has 0 saturated carbocycles. The summed E-state index contributed by atoms with van der Waals surface area (Å²) >= 11 is 1.25. The van der Waals surface area contributed by atoms with E-state index in [1.54, 1.807) is 25.4 Å². The Kier molecular flexibility index (Phi) is 6.50. The molecule has 9 heteroatoms. The number of hydrogen-bond acceptors (Lipinski definition) is 6. The normalized spacial score (nSPS) is 11.0. The van der Waals surface area contributed by atoms with E-state index in [9.17, 15) is 9.18 Å². The molecule has 172 valence electrons. The molecule has 0 spiro atoms. The quantitative estimate of drug-likeness (QED) is 0.367. The molecule has 3 aromatic heterocycles. The van der Waals surface area contributed by atoms with E-state index in [-0.39, 0.29) is 5.82 Å². The van der Waals surface area contributed by atoms with Gasteiger partial charge in [-0.2, -0.15) is 0 Å². The van der Waals surface area contributed by atoms with E-state index in [0.717, 1.165) is 21.6 Å². The van der Waals surface area contributed by atoms with E-state index in [4.69, 9.17) is 15.2 Å². The van der Waals surface area contributed by atoms with Gasteiger partial charge in [0.05, 0.1) is 29.8 Å². The fourth-order valence-corrected chi connectivity index (χ4v) is 4.75. The molecule has 1 amide bonds. The van der Waals surface area contributed by atoms with Crippen LogP contribution in [0, 0.1) is 12.7 Å². The number of benzene rings is 1. The maximum atomic E-state index is 14.6. The minimum atomic E-state index is -0.526. The Balaban J connectivity index is 1.53. The second-order valence-corrected chi connectivity index (χ2v) is 8.46. The summed E-state index contributed by atoms with van der Waals surface area (Å²) in [6, 6.07) is 10.5. The second kappa shape index (κ2) is 9.50. The van der Waals surface area contributed by atoms with Gasteiger partial charge in [0.25, 0.3) is 5.91 Å². The number of nitrogens with two attached hydrogens (primary N) is 1. The van der Waals surface area contributed by atoms with Gasteiger partial charge in [-0.25, -0.2) is 4.39 Å². The maximum absolute atomic E-state index is 14.6. The molecule has 3 heterocycles. The number of primary amides is 1. The van der Waals surface area contributed by atoms with Crippen LogP contribution in [0.15, 0.2) is 42.6 Å². The summed E-state index contributed by atoms with van der Waals surface area (Å²) in [5.41, 5.74) is 8.53. The average molecular weight is 469 g/mol. The van der Waals surface area contributed by atoms with Gasteiger partial charge < -0.3 is 25.1 Å². The molecule has 7 nitrogen and oxygen atoms in total. The standard InChI is InChI=1S/C24H25FN4O3S/c1-4-32-20-13-21(33-23(20)24(26)30)18-12-15(7-8-28-18)27-9-10-29-14(2)11-16-19(31-3)6-5-17(25)22(16)29/h5-8,11-13H,4,9-10H2,1-3H3,(H2,26,30)(H,27,28). The van der Waals surface area contributed by atoms with Gasteiger partial charge in [0, 0.05) is 42.1 Å². The Morgan fingerprint density at radius 2 is 2.06 bits per heavy atom. The number of rotatable bonds is 9. The predicted octanol–water partition coefficient (Wildman–Crippen LogP) is 4.83. The summed E-state index contributed by atoms with van der Waals surface area (Å²) in [5, 5.41) is 4.13. The summed E-state index contributed by atoms with van der Waals surface area (Å²) in [4.78, 5) is 17.3. The van der Waals surface area contributed by atoms with Gasteiger partial charge >= 0.3 is 0 Å². The van der Waals surface area contributed by atoms with Crippen LogP contribution < -0.4 is 20.5 Å². The van der Waals surface area contributed by atoms with Gasteiger partial charge in [-0.05, 0) is 44.2 Å². The Morgan fingerprint density at radius 1 is 1.24 bits per heavy atom. The number of amides is 1. The van der Waals surface area contributed by atoms with E-state index < -0.39 is 5.91 Å². The van der Waals surface area contributed by atoms with Crippen LogP contribution in [0.25, 0.3) is 21.5 Å². The van der Waals surface area contributed by atoms with Crippen molar-refractivity contribution in [2.24, 2.45) is 5.73 Å². The second-order valence-electron chi connectivity index (χ2n) is 7.41. The number of aryl methyl sites for hydroxylation is 1. The van der Waals surface area contributed by atoms with Crippen molar-refractivity contribution >= 4 is 33.8 Å². The third kappa shape index (κ3) is 4.49. The fourth-order valence-electron chi connectivity index (χ4n) is 3.83. The van der Waals surface area contributed by atoms with Crippen LogP contribution in [0.1, 0.15) is 22.3 Å². The third-order valence-corrected chi connectivity index (χ3v) is 6.45. The van der Waals surface area contributed by atoms with Crippen molar-refractivity contribution in [2.45, 2.75) is 20.4 Å². The van der Waals surface area contributed by atoms with E-state index in [1.165, 1.54) is 17.4 Å². The SMILES string of the molecule is CCOc1cc(-c2cc(NCCn3c(C)cc4c(OC)ccc(F)c43)ccn2)sc1C(N)=O. The molecule has 4 rings (SSSR count). The van der Waals surface area contributed by atoms with Gasteiger partial charge in [-0.1, -0.05) is 0 Å². The highest BCUT2D eigenvalue weighted by molar-refractivity contribution is 7.17. The molecule has 3 N–H and O–H groups in total. The summed E-state index contributed by atoms with van der Waals surface area (Å²) in [5.74, 6) is 0.315. The number of nitrogens with zero attached hydrogens (tertiary/aromatic N) is 2. The van der Waals surface area contributed by atoms with Crippen molar-refractivity contribution in [3.63, 3.8) is 0 Å². The highest BCUT2D eigenvalue weighted by Gasteiger charge is 2.17. The number of anilines is 1. The van der Waals surface area contributed by atoms with E-state index in [2.05, 4.69) is 10.3 Å². The molecule has 0 bridgehead atoms. The van der Waals surface area contributed by atoms with Crippen molar-refractivity contribution in [1.82, 2.24) is 9.55 Å². The molecule has 0 unspecified atom stereocenters. The first kappa shape index (κ1) is 22.6. The Morgan fingerprint density at radius 3 is 2.79 bits per heavy atom. The minimum Gasteiger partial charge on any atom is -0.496 e. The molecule has 0 aliphatic heterocycles. The monoisotopic (exact) mass is 468 g/mol. The van der Waals surface area contributed by atoms with Crippen molar-refractivity contribution in [1.29, 1.82) is 0 Å². The maximum Gasteiger partial charge on any atom is 0.262 e. The number of carbonyl (C=O) groups is 1. The number of hydrogen-bond donors (Lipinski definition) is 2. The third-order valence-electron chi connectivity index (χ3n) is 5.30. The average Bonchev–Trinajstić information content (AvgIpc) is 3.37. The van der Waals surface area contributed by atoms with E-state index in [1.807, 2.05) is 36.6 Å². The van der Waals surface area contributed by atoms with Gasteiger partial charge in [-0.15, -0.1) is 11.3 Å². The zero-order valence-electron chi connectivity index (χ0n) is 18.6. The summed E-state index contributed by atoms with van der Waals surface area (Å²) in [7, 11) is 1.58. The van der Waals surface area contributed by atoms with Crippen LogP contribution in [-0.2, 0) is 6.54 Å². The van der Waals surface area contributed by atoms with Crippen LogP contribution in [0.4, 0.5) is 10.1 Å². The lowest BCUT2D eigenvalue weighted by molar-refractivity contribution is 0.100. The number of methoxy groups -OCH3 is 1. The van der Waals surface area contributed by atoms with Crippen LogP contribution >= 0.6 is 11.3 Å². The number of carbonyl (C=O) groups excluding carboxylic acids is 1.